The molecule has 3 aromatic rings. The summed E-state index contributed by atoms with van der Waals surface area (Å²) in [6.07, 6.45) is 2.06. The van der Waals surface area contributed by atoms with Crippen molar-refractivity contribution in [3.63, 3.8) is 0 Å². The molecule has 0 spiro atoms. The van der Waals surface area contributed by atoms with Crippen LogP contribution in [0, 0.1) is 24.4 Å². The number of rotatable bonds is 5. The average Bonchev–Trinajstić information content (AvgIpc) is 3.35. The quantitative estimate of drug-likeness (QED) is 0.550. The van der Waals surface area contributed by atoms with Crippen molar-refractivity contribution in [2.75, 3.05) is 29.5 Å². The molecule has 2 aliphatic heterocycles. The van der Waals surface area contributed by atoms with Gasteiger partial charge in [-0.3, -0.25) is 5.01 Å². The van der Waals surface area contributed by atoms with Crippen LogP contribution in [0.2, 0.25) is 0 Å². The highest BCUT2D eigenvalue weighted by atomic mass is 19.1. The van der Waals surface area contributed by atoms with Crippen molar-refractivity contribution in [3.8, 4) is 11.3 Å². The highest BCUT2D eigenvalue weighted by Gasteiger charge is 2.35. The second-order valence-corrected chi connectivity index (χ2v) is 8.57. The molecule has 7 nitrogen and oxygen atoms in total. The summed E-state index contributed by atoms with van der Waals surface area (Å²) in [5.41, 5.74) is 1.74. The maximum absolute atomic E-state index is 14.8. The maximum Gasteiger partial charge on any atom is 0.328 e. The molecule has 1 fully saturated rings. The molecular formula is C25H25F3N6O. The molecule has 2 amide bonds. The Balaban J connectivity index is 1.77. The summed E-state index contributed by atoms with van der Waals surface area (Å²) in [6, 6.07) is 7.08. The molecule has 3 heterocycles. The van der Waals surface area contributed by atoms with Gasteiger partial charge >= 0.3 is 6.03 Å². The fraction of sp³-hybridized carbons (Fsp3) is 0.320. The number of aryl methyl sites for hydroxylation is 1. The minimum absolute atomic E-state index is 0.0585. The molecular weight excluding hydrogens is 457 g/mol. The topological polar surface area (TPSA) is 64.6 Å². The molecule has 0 bridgehead atoms. The Hall–Kier alpha value is -3.66. The molecule has 35 heavy (non-hydrogen) atoms. The normalized spacial score (nSPS) is 15.8. The second-order valence-electron chi connectivity index (χ2n) is 8.57. The number of aromatic nitrogens is 2. The monoisotopic (exact) mass is 482 g/mol. The van der Waals surface area contributed by atoms with Gasteiger partial charge in [-0.2, -0.15) is 4.98 Å². The fourth-order valence-corrected chi connectivity index (χ4v) is 4.70. The third kappa shape index (κ3) is 4.07. The van der Waals surface area contributed by atoms with Gasteiger partial charge in [0.15, 0.2) is 5.82 Å². The zero-order chi connectivity index (χ0) is 24.7. The Morgan fingerprint density at radius 3 is 2.43 bits per heavy atom. The van der Waals surface area contributed by atoms with Gasteiger partial charge in [0.1, 0.15) is 23.1 Å². The van der Waals surface area contributed by atoms with Crippen molar-refractivity contribution in [2.24, 2.45) is 0 Å². The van der Waals surface area contributed by atoms with Gasteiger partial charge in [-0.15, -0.1) is 0 Å². The number of hydrogen-bond acceptors (Lipinski definition) is 5. The Labute approximate surface area is 201 Å². The van der Waals surface area contributed by atoms with E-state index in [1.165, 1.54) is 18.2 Å². The van der Waals surface area contributed by atoms with Crippen LogP contribution in [0.4, 0.5) is 35.4 Å². The third-order valence-corrected chi connectivity index (χ3v) is 6.36. The predicted octanol–water partition coefficient (Wildman–Crippen LogP) is 5.07. The predicted molar refractivity (Wildman–Crippen MR) is 127 cm³/mol. The summed E-state index contributed by atoms with van der Waals surface area (Å²) in [5.74, 6) is -1.76. The maximum atomic E-state index is 14.8. The van der Waals surface area contributed by atoms with E-state index in [-0.39, 0.29) is 18.2 Å². The van der Waals surface area contributed by atoms with Crippen LogP contribution in [0.3, 0.4) is 0 Å². The van der Waals surface area contributed by atoms with E-state index >= 15 is 0 Å². The van der Waals surface area contributed by atoms with Gasteiger partial charge in [0.2, 0.25) is 5.95 Å². The number of nitrogens with one attached hydrogen (secondary N) is 1. The molecule has 2 aliphatic rings. The average molecular weight is 483 g/mol. The van der Waals surface area contributed by atoms with E-state index in [0.717, 1.165) is 43.0 Å². The van der Waals surface area contributed by atoms with Crippen LogP contribution in [-0.2, 0) is 6.54 Å². The molecule has 5 rings (SSSR count). The first-order valence-corrected chi connectivity index (χ1v) is 11.6. The fourth-order valence-electron chi connectivity index (χ4n) is 4.70. The first-order valence-electron chi connectivity index (χ1n) is 11.6. The molecule has 10 heteroatoms. The van der Waals surface area contributed by atoms with E-state index < -0.39 is 23.4 Å². The van der Waals surface area contributed by atoms with Crippen molar-refractivity contribution >= 4 is 23.5 Å². The minimum Gasteiger partial charge on any atom is -0.333 e. The van der Waals surface area contributed by atoms with E-state index in [0.29, 0.717) is 34.9 Å². The number of fused-ring (bicyclic) bond motifs is 1. The van der Waals surface area contributed by atoms with Crippen molar-refractivity contribution < 1.29 is 18.0 Å². The molecule has 0 radical (unpaired) electrons. The number of nitrogens with zero attached hydrogens (tertiary/aromatic N) is 5. The highest BCUT2D eigenvalue weighted by Crippen LogP contribution is 2.39. The Morgan fingerprint density at radius 2 is 1.77 bits per heavy atom. The van der Waals surface area contributed by atoms with Crippen molar-refractivity contribution in [2.45, 2.75) is 33.2 Å². The molecule has 1 aromatic heterocycles. The van der Waals surface area contributed by atoms with Crippen LogP contribution in [0.5, 0.6) is 0 Å². The first-order chi connectivity index (χ1) is 16.9. The van der Waals surface area contributed by atoms with Crippen LogP contribution in [0.25, 0.3) is 11.3 Å². The summed E-state index contributed by atoms with van der Waals surface area (Å²) >= 11 is 0. The lowest BCUT2D eigenvalue weighted by Crippen LogP contribution is -2.45. The SMILES string of the molecule is CCN(c1nc(-c2ccc(F)cc2C)c2c(n1)N(c1c(F)cccc1F)C(=O)NC2)N1CCCC1. The molecule has 0 saturated carbocycles. The highest BCUT2D eigenvalue weighted by molar-refractivity contribution is 6.02. The molecule has 0 unspecified atom stereocenters. The number of halogens is 3. The second kappa shape index (κ2) is 9.18. The lowest BCUT2D eigenvalue weighted by Gasteiger charge is -2.34. The summed E-state index contributed by atoms with van der Waals surface area (Å²) in [5, 5.41) is 6.72. The summed E-state index contributed by atoms with van der Waals surface area (Å²) in [7, 11) is 0. The largest absolute Gasteiger partial charge is 0.333 e. The van der Waals surface area contributed by atoms with E-state index in [2.05, 4.69) is 15.3 Å². The zero-order valence-electron chi connectivity index (χ0n) is 19.5. The van der Waals surface area contributed by atoms with Gasteiger partial charge in [0.25, 0.3) is 0 Å². The van der Waals surface area contributed by atoms with Crippen LogP contribution in [-0.4, -0.2) is 40.6 Å². The number of para-hydroxylation sites is 1. The van der Waals surface area contributed by atoms with Gasteiger partial charge in [-0.05, 0) is 62.6 Å². The number of hydrazine groups is 1. The number of urea groups is 1. The lowest BCUT2D eigenvalue weighted by atomic mass is 10.00. The van der Waals surface area contributed by atoms with Crippen LogP contribution in [0.15, 0.2) is 36.4 Å². The van der Waals surface area contributed by atoms with E-state index in [9.17, 15) is 18.0 Å². The number of benzene rings is 2. The molecule has 1 N–H and O–H groups in total. The summed E-state index contributed by atoms with van der Waals surface area (Å²) in [4.78, 5) is 23.4. The zero-order valence-corrected chi connectivity index (χ0v) is 19.5. The van der Waals surface area contributed by atoms with E-state index in [1.54, 1.807) is 13.0 Å². The minimum atomic E-state index is -0.889. The number of anilines is 3. The van der Waals surface area contributed by atoms with E-state index in [4.69, 9.17) is 4.98 Å². The Kier molecular flexibility index (Phi) is 6.06. The number of hydrogen-bond donors (Lipinski definition) is 1. The van der Waals surface area contributed by atoms with Crippen molar-refractivity contribution in [1.82, 2.24) is 20.3 Å². The van der Waals surface area contributed by atoms with Gasteiger partial charge in [0.05, 0.1) is 12.2 Å². The number of amides is 2. The Bertz CT molecular complexity index is 1270. The number of carbonyl (C=O) groups is 1. The van der Waals surface area contributed by atoms with Crippen molar-refractivity contribution in [1.29, 1.82) is 0 Å². The van der Waals surface area contributed by atoms with E-state index in [1.807, 2.05) is 11.9 Å². The van der Waals surface area contributed by atoms with Gasteiger partial charge < -0.3 is 5.32 Å². The van der Waals surface area contributed by atoms with Crippen LogP contribution >= 0.6 is 0 Å². The van der Waals surface area contributed by atoms with Crippen LogP contribution in [0.1, 0.15) is 30.9 Å². The lowest BCUT2D eigenvalue weighted by molar-refractivity contribution is 0.246. The number of carbonyl (C=O) groups excluding carboxylic acids is 1. The third-order valence-electron chi connectivity index (χ3n) is 6.36. The standard InChI is InChI=1S/C25H25F3N6O/c1-3-33(32-11-4-5-12-32)24-30-21(17-10-9-16(26)13-15(17)2)18-14-29-25(35)34(23(18)31-24)22-19(27)7-6-8-20(22)28/h6-10,13H,3-5,11-12,14H2,1-2H3,(H,29,35). The molecule has 1 saturated heterocycles. The summed E-state index contributed by atoms with van der Waals surface area (Å²) in [6.45, 7) is 5.99. The van der Waals surface area contributed by atoms with Gasteiger partial charge in [0, 0.05) is 30.8 Å². The molecule has 0 atom stereocenters. The molecule has 2 aromatic carbocycles. The van der Waals surface area contributed by atoms with Crippen molar-refractivity contribution in [3.05, 3.63) is 65.0 Å². The van der Waals surface area contributed by atoms with Gasteiger partial charge in [-0.25, -0.2) is 32.9 Å². The molecule has 0 aliphatic carbocycles. The smallest absolute Gasteiger partial charge is 0.328 e. The van der Waals surface area contributed by atoms with Crippen LogP contribution < -0.4 is 15.2 Å². The Morgan fingerprint density at radius 1 is 1.06 bits per heavy atom. The van der Waals surface area contributed by atoms with Gasteiger partial charge in [-0.1, -0.05) is 6.07 Å². The summed E-state index contributed by atoms with van der Waals surface area (Å²) < 4.78 is 43.6. The molecule has 182 valence electrons. The first kappa shape index (κ1) is 23.1.